The Morgan fingerprint density at radius 1 is 0.903 bits per heavy atom. The predicted molar refractivity (Wildman–Crippen MR) is 116 cm³/mol. The van der Waals surface area contributed by atoms with Crippen molar-refractivity contribution in [1.82, 2.24) is 0 Å². The van der Waals surface area contributed by atoms with Gasteiger partial charge in [-0.1, -0.05) is 66.2 Å². The van der Waals surface area contributed by atoms with Gasteiger partial charge in [-0.25, -0.2) is 4.39 Å². The molecule has 3 aromatic rings. The van der Waals surface area contributed by atoms with E-state index in [4.69, 9.17) is 21.3 Å². The molecule has 0 aliphatic carbocycles. The Hall–Kier alpha value is -2.86. The van der Waals surface area contributed by atoms with E-state index in [2.05, 4.69) is 24.3 Å². The number of hydrogen-bond acceptors (Lipinski definition) is 2. The molecule has 0 spiro atoms. The van der Waals surface area contributed by atoms with Crippen LogP contribution in [-0.4, -0.2) is 19.3 Å². The van der Waals surface area contributed by atoms with Crippen LogP contribution in [0, 0.1) is 0 Å². The number of hydrogen-bond donors (Lipinski definition) is 0. The number of ether oxygens (including phenoxy) is 1. The van der Waals surface area contributed by atoms with Crippen LogP contribution in [0.5, 0.6) is 5.75 Å². The minimum Gasteiger partial charge on any atom is -0.463 e. The first kappa shape index (κ1) is 22.8. The van der Waals surface area contributed by atoms with Crippen LogP contribution >= 0.6 is 11.6 Å². The van der Waals surface area contributed by atoms with Gasteiger partial charge in [-0.3, -0.25) is 4.99 Å². The molecular formula is C24H20ClF4NO. The van der Waals surface area contributed by atoms with Gasteiger partial charge in [0.1, 0.15) is 5.75 Å². The van der Waals surface area contributed by atoms with Gasteiger partial charge in [-0.2, -0.15) is 13.2 Å². The number of benzene rings is 3. The molecule has 0 radical (unpaired) electrons. The monoisotopic (exact) mass is 449 g/mol. The van der Waals surface area contributed by atoms with Crippen molar-refractivity contribution in [2.24, 2.45) is 4.99 Å². The van der Waals surface area contributed by atoms with E-state index in [1.54, 1.807) is 12.1 Å². The first-order valence-electron chi connectivity index (χ1n) is 9.61. The van der Waals surface area contributed by atoms with E-state index in [9.17, 15) is 17.6 Å². The molecule has 2 nitrogen and oxygen atoms in total. The molecule has 0 saturated carbocycles. The Balaban J connectivity index is 0.000000628. The summed E-state index contributed by atoms with van der Waals surface area (Å²) in [5, 5.41) is 0.757. The fourth-order valence-electron chi connectivity index (χ4n) is 3.44. The highest BCUT2D eigenvalue weighted by Crippen LogP contribution is 2.34. The second-order valence-corrected chi connectivity index (χ2v) is 7.16. The molecule has 162 valence electrons. The summed E-state index contributed by atoms with van der Waals surface area (Å²) in [5.74, 6) is 0.533. The minimum absolute atomic E-state index is 0.172. The van der Waals surface area contributed by atoms with Crippen molar-refractivity contribution in [2.45, 2.75) is 25.6 Å². The predicted octanol–water partition coefficient (Wildman–Crippen LogP) is 7.82. The average molecular weight is 450 g/mol. The molecule has 1 heterocycles. The molecule has 1 aliphatic rings. The molecule has 0 N–H and O–H groups in total. The summed E-state index contributed by atoms with van der Waals surface area (Å²) >= 11 is 6.31. The van der Waals surface area contributed by atoms with E-state index in [0.29, 0.717) is 5.75 Å². The largest absolute Gasteiger partial charge is 0.463 e. The van der Waals surface area contributed by atoms with Crippen molar-refractivity contribution in [3.63, 3.8) is 0 Å². The lowest BCUT2D eigenvalue weighted by molar-refractivity contribution is 0.00819. The smallest absolute Gasteiger partial charge is 0.379 e. The topological polar surface area (TPSA) is 21.6 Å². The van der Waals surface area contributed by atoms with Gasteiger partial charge < -0.3 is 4.74 Å². The third-order valence-electron chi connectivity index (χ3n) is 4.86. The SMILES string of the molecule is FC(F)F.FCOc1ccc(-c2ccc(C3CCC(c4ccccc4Cl)=N3)cc2)cc1. The van der Waals surface area contributed by atoms with E-state index < -0.39 is 13.5 Å². The van der Waals surface area contributed by atoms with Gasteiger partial charge in [0.15, 0.2) is 0 Å². The third-order valence-corrected chi connectivity index (χ3v) is 5.18. The second-order valence-electron chi connectivity index (χ2n) is 6.76. The number of halogens is 5. The lowest BCUT2D eigenvalue weighted by Crippen LogP contribution is -1.96. The molecule has 1 aliphatic heterocycles. The standard InChI is InChI=1S/C23H19ClFNO.CHF3/c24-21-4-2-1-3-20(21)23-14-13-22(26-23)18-7-5-16(6-8-18)17-9-11-19(12-10-17)27-15-25;2-1(3)4/h1-12,22H,13-15H2;1H. The van der Waals surface area contributed by atoms with E-state index in [1.165, 1.54) is 5.56 Å². The molecule has 3 aromatic carbocycles. The zero-order chi connectivity index (χ0) is 22.2. The summed E-state index contributed by atoms with van der Waals surface area (Å²) in [4.78, 5) is 4.90. The summed E-state index contributed by atoms with van der Waals surface area (Å²) in [6.45, 7) is -4.48. The van der Waals surface area contributed by atoms with Crippen molar-refractivity contribution in [3.05, 3.63) is 88.9 Å². The van der Waals surface area contributed by atoms with Crippen molar-refractivity contribution in [1.29, 1.82) is 0 Å². The fourth-order valence-corrected chi connectivity index (χ4v) is 3.68. The first-order valence-corrected chi connectivity index (χ1v) is 9.98. The Morgan fingerprint density at radius 2 is 1.48 bits per heavy atom. The van der Waals surface area contributed by atoms with Gasteiger partial charge in [0.2, 0.25) is 6.86 Å². The third kappa shape index (κ3) is 6.31. The minimum atomic E-state index is -3.67. The Labute approximate surface area is 183 Å². The average Bonchev–Trinajstić information content (AvgIpc) is 3.25. The van der Waals surface area contributed by atoms with Crippen LogP contribution in [0.15, 0.2) is 77.8 Å². The van der Waals surface area contributed by atoms with Crippen LogP contribution in [0.1, 0.15) is 30.0 Å². The summed E-state index contributed by atoms with van der Waals surface area (Å²) < 4.78 is 46.1. The van der Waals surface area contributed by atoms with Crippen LogP contribution in [-0.2, 0) is 0 Å². The van der Waals surface area contributed by atoms with E-state index in [1.807, 2.05) is 36.4 Å². The summed E-state index contributed by atoms with van der Waals surface area (Å²) in [7, 11) is 0. The maximum atomic E-state index is 12.2. The molecule has 0 amide bonds. The van der Waals surface area contributed by atoms with E-state index >= 15 is 0 Å². The van der Waals surface area contributed by atoms with Crippen molar-refractivity contribution < 1.29 is 22.3 Å². The van der Waals surface area contributed by atoms with Crippen LogP contribution in [0.25, 0.3) is 11.1 Å². The molecule has 0 aromatic heterocycles. The molecule has 1 unspecified atom stereocenters. The van der Waals surface area contributed by atoms with Gasteiger partial charge >= 0.3 is 6.68 Å². The molecular weight excluding hydrogens is 430 g/mol. The Bertz CT molecular complexity index is 1000. The van der Waals surface area contributed by atoms with Crippen molar-refractivity contribution in [3.8, 4) is 16.9 Å². The highest BCUT2D eigenvalue weighted by atomic mass is 35.5. The number of alkyl halides is 4. The number of rotatable bonds is 5. The molecule has 31 heavy (non-hydrogen) atoms. The lowest BCUT2D eigenvalue weighted by Gasteiger charge is -2.09. The molecule has 7 heteroatoms. The summed E-state index contributed by atoms with van der Waals surface area (Å²) in [6.07, 6.45) is 1.93. The van der Waals surface area contributed by atoms with Gasteiger partial charge in [0.05, 0.1) is 6.04 Å². The molecule has 0 bridgehead atoms. The zero-order valence-corrected chi connectivity index (χ0v) is 17.2. The van der Waals surface area contributed by atoms with E-state index in [0.717, 1.165) is 40.3 Å². The van der Waals surface area contributed by atoms with Crippen LogP contribution in [0.4, 0.5) is 17.6 Å². The van der Waals surface area contributed by atoms with Gasteiger partial charge in [0, 0.05) is 16.3 Å². The quantitative estimate of drug-likeness (QED) is 0.364. The summed E-state index contributed by atoms with van der Waals surface area (Å²) in [6, 6.07) is 23.9. The Kier molecular flexibility index (Phi) is 8.06. The highest BCUT2D eigenvalue weighted by molar-refractivity contribution is 6.34. The zero-order valence-electron chi connectivity index (χ0n) is 16.4. The summed E-state index contributed by atoms with van der Waals surface area (Å²) in [5.41, 5.74) is 5.50. The molecule has 4 rings (SSSR count). The van der Waals surface area contributed by atoms with Crippen molar-refractivity contribution in [2.75, 3.05) is 6.86 Å². The maximum absolute atomic E-state index is 12.2. The first-order chi connectivity index (χ1) is 15.0. The lowest BCUT2D eigenvalue weighted by atomic mass is 9.99. The maximum Gasteiger partial charge on any atom is 0.379 e. The number of aliphatic imine (C=N–C) groups is 1. The molecule has 0 saturated heterocycles. The molecule has 0 fully saturated rings. The normalized spacial score (nSPS) is 15.3. The Morgan fingerprint density at radius 3 is 2.06 bits per heavy atom. The van der Waals surface area contributed by atoms with Crippen LogP contribution in [0.2, 0.25) is 5.02 Å². The number of nitrogens with zero attached hydrogens (tertiary/aromatic N) is 1. The van der Waals surface area contributed by atoms with Gasteiger partial charge in [-0.05, 0) is 47.7 Å². The van der Waals surface area contributed by atoms with E-state index in [-0.39, 0.29) is 6.04 Å². The van der Waals surface area contributed by atoms with Crippen molar-refractivity contribution >= 4 is 17.3 Å². The fraction of sp³-hybridized carbons (Fsp3) is 0.208. The molecule has 1 atom stereocenters. The van der Waals surface area contributed by atoms with Crippen LogP contribution < -0.4 is 4.74 Å². The van der Waals surface area contributed by atoms with Gasteiger partial charge in [-0.15, -0.1) is 0 Å². The second kappa shape index (κ2) is 11.0. The highest BCUT2D eigenvalue weighted by Gasteiger charge is 2.21. The van der Waals surface area contributed by atoms with Gasteiger partial charge in [0.25, 0.3) is 0 Å². The van der Waals surface area contributed by atoms with Crippen LogP contribution in [0.3, 0.4) is 0 Å².